The zero-order valence-corrected chi connectivity index (χ0v) is 17.7. The number of ether oxygens (including phenoxy) is 1. The molecule has 1 N–H and O–H groups in total. The van der Waals surface area contributed by atoms with Crippen molar-refractivity contribution in [3.05, 3.63) is 59.4 Å². The van der Waals surface area contributed by atoms with Gasteiger partial charge in [0, 0.05) is 31.7 Å². The van der Waals surface area contributed by atoms with E-state index in [1.807, 2.05) is 13.0 Å². The van der Waals surface area contributed by atoms with Crippen molar-refractivity contribution >= 4 is 10.0 Å². The molecule has 0 bridgehead atoms. The molecule has 1 saturated heterocycles. The van der Waals surface area contributed by atoms with Crippen LogP contribution in [-0.4, -0.2) is 45.8 Å². The summed E-state index contributed by atoms with van der Waals surface area (Å²) in [5.74, 6) is 0.259. The summed E-state index contributed by atoms with van der Waals surface area (Å²) in [5.41, 5.74) is 2.10. The van der Waals surface area contributed by atoms with Crippen LogP contribution in [0.25, 0.3) is 0 Å². The Balaban J connectivity index is 1.41. The molecule has 0 spiro atoms. The lowest BCUT2D eigenvalue weighted by Gasteiger charge is -2.15. The van der Waals surface area contributed by atoms with Gasteiger partial charge in [0.15, 0.2) is 0 Å². The van der Waals surface area contributed by atoms with Crippen molar-refractivity contribution in [2.24, 2.45) is 0 Å². The number of hydrogen-bond donors (Lipinski definition) is 1. The summed E-state index contributed by atoms with van der Waals surface area (Å²) < 4.78 is 47.8. The van der Waals surface area contributed by atoms with E-state index in [0.29, 0.717) is 37.5 Å². The number of rotatable bonds is 7. The highest BCUT2D eigenvalue weighted by Crippen LogP contribution is 2.31. The Bertz CT molecular complexity index is 1120. The maximum Gasteiger partial charge on any atom is 0.246 e. The molecule has 1 aromatic carbocycles. The zero-order chi connectivity index (χ0) is 21.3. The Morgan fingerprint density at radius 3 is 2.77 bits per heavy atom. The van der Waals surface area contributed by atoms with Crippen molar-refractivity contribution in [3.8, 4) is 5.75 Å². The van der Waals surface area contributed by atoms with Gasteiger partial charge in [-0.1, -0.05) is 0 Å². The summed E-state index contributed by atoms with van der Waals surface area (Å²) in [7, 11) is -3.59. The maximum absolute atomic E-state index is 13.0. The molecular formula is C20H24FN5O3S. The van der Waals surface area contributed by atoms with Crippen LogP contribution in [0.3, 0.4) is 0 Å². The molecule has 2 aromatic heterocycles. The van der Waals surface area contributed by atoms with Gasteiger partial charge >= 0.3 is 0 Å². The molecule has 1 fully saturated rings. The van der Waals surface area contributed by atoms with Crippen molar-refractivity contribution in [2.45, 2.75) is 44.2 Å². The van der Waals surface area contributed by atoms with Crippen LogP contribution >= 0.6 is 0 Å². The van der Waals surface area contributed by atoms with Gasteiger partial charge in [-0.05, 0) is 50.6 Å². The van der Waals surface area contributed by atoms with E-state index >= 15 is 0 Å². The van der Waals surface area contributed by atoms with Crippen LogP contribution in [0.15, 0.2) is 41.4 Å². The molecule has 10 heteroatoms. The smallest absolute Gasteiger partial charge is 0.246 e. The SMILES string of the molecule is CCn1cc(S(=O)(=O)N2CC[C@H](c3cc(COc4ccc(F)cc4)[nH]n3)C2)c(C)n1. The molecule has 4 rings (SSSR count). The van der Waals surface area contributed by atoms with Crippen LogP contribution in [0, 0.1) is 12.7 Å². The summed E-state index contributed by atoms with van der Waals surface area (Å²) >= 11 is 0. The number of sulfonamides is 1. The monoisotopic (exact) mass is 433 g/mol. The van der Waals surface area contributed by atoms with Crippen molar-refractivity contribution < 1.29 is 17.5 Å². The van der Waals surface area contributed by atoms with E-state index in [9.17, 15) is 12.8 Å². The van der Waals surface area contributed by atoms with Crippen LogP contribution in [-0.2, 0) is 23.2 Å². The standard InChI is InChI=1S/C20H24FN5O3S/c1-3-25-12-20(14(2)24-25)30(27,28)26-9-8-15(11-26)19-10-17(22-23-19)13-29-18-6-4-16(21)5-7-18/h4-7,10,12,15H,3,8-9,11,13H2,1-2H3,(H,22,23)/t15-/m0/s1. The molecule has 1 atom stereocenters. The molecule has 0 aliphatic carbocycles. The highest BCUT2D eigenvalue weighted by Gasteiger charge is 2.36. The fourth-order valence-corrected chi connectivity index (χ4v) is 5.27. The molecule has 160 valence electrons. The van der Waals surface area contributed by atoms with Gasteiger partial charge in [0.2, 0.25) is 10.0 Å². The summed E-state index contributed by atoms with van der Waals surface area (Å²) in [6, 6.07) is 7.70. The van der Waals surface area contributed by atoms with Gasteiger partial charge in [-0.3, -0.25) is 9.78 Å². The summed E-state index contributed by atoms with van der Waals surface area (Å²) in [6.45, 7) is 5.34. The highest BCUT2D eigenvalue weighted by atomic mass is 32.2. The van der Waals surface area contributed by atoms with Crippen LogP contribution < -0.4 is 4.74 Å². The first-order chi connectivity index (χ1) is 14.4. The first kappa shape index (κ1) is 20.5. The number of nitrogens with zero attached hydrogens (tertiary/aromatic N) is 4. The van der Waals surface area contributed by atoms with Crippen LogP contribution in [0.1, 0.15) is 36.3 Å². The number of aryl methyl sites for hydroxylation is 2. The molecule has 0 radical (unpaired) electrons. The second kappa shape index (κ2) is 8.19. The third kappa shape index (κ3) is 4.10. The Morgan fingerprint density at radius 1 is 1.30 bits per heavy atom. The van der Waals surface area contributed by atoms with E-state index in [1.165, 1.54) is 16.4 Å². The number of H-pyrrole nitrogens is 1. The Morgan fingerprint density at radius 2 is 2.07 bits per heavy atom. The minimum absolute atomic E-state index is 0.0112. The molecule has 1 aliphatic heterocycles. The molecule has 8 nitrogen and oxygen atoms in total. The van der Waals surface area contributed by atoms with E-state index in [1.54, 1.807) is 29.9 Å². The third-order valence-electron chi connectivity index (χ3n) is 5.27. The van der Waals surface area contributed by atoms with Crippen molar-refractivity contribution in [2.75, 3.05) is 13.1 Å². The highest BCUT2D eigenvalue weighted by molar-refractivity contribution is 7.89. The average molecular weight is 434 g/mol. The minimum Gasteiger partial charge on any atom is -0.487 e. The largest absolute Gasteiger partial charge is 0.487 e. The van der Waals surface area contributed by atoms with Gasteiger partial charge in [0.1, 0.15) is 23.1 Å². The summed E-state index contributed by atoms with van der Waals surface area (Å²) in [6.07, 6.45) is 2.29. The average Bonchev–Trinajstić information content (AvgIpc) is 3.46. The molecule has 0 amide bonds. The zero-order valence-electron chi connectivity index (χ0n) is 16.9. The van der Waals surface area contributed by atoms with E-state index in [0.717, 1.165) is 11.4 Å². The minimum atomic E-state index is -3.59. The van der Waals surface area contributed by atoms with Gasteiger partial charge in [-0.2, -0.15) is 14.5 Å². The topological polar surface area (TPSA) is 93.1 Å². The number of aromatic amines is 1. The van der Waals surface area contributed by atoms with E-state index in [2.05, 4.69) is 15.3 Å². The number of benzene rings is 1. The molecule has 0 saturated carbocycles. The fourth-order valence-electron chi connectivity index (χ4n) is 3.60. The van der Waals surface area contributed by atoms with Crippen molar-refractivity contribution in [1.29, 1.82) is 0 Å². The van der Waals surface area contributed by atoms with Gasteiger partial charge in [-0.25, -0.2) is 12.8 Å². The first-order valence-electron chi connectivity index (χ1n) is 9.83. The second-order valence-corrected chi connectivity index (χ2v) is 9.25. The Hall–Kier alpha value is -2.72. The van der Waals surface area contributed by atoms with Gasteiger partial charge in [-0.15, -0.1) is 0 Å². The molecule has 1 aliphatic rings. The predicted molar refractivity (Wildman–Crippen MR) is 108 cm³/mol. The first-order valence-corrected chi connectivity index (χ1v) is 11.3. The Labute approximate surface area is 174 Å². The quantitative estimate of drug-likeness (QED) is 0.619. The number of hydrogen-bond acceptors (Lipinski definition) is 5. The lowest BCUT2D eigenvalue weighted by Crippen LogP contribution is -2.29. The second-order valence-electron chi connectivity index (χ2n) is 7.34. The third-order valence-corrected chi connectivity index (χ3v) is 7.24. The van der Waals surface area contributed by atoms with Gasteiger partial charge < -0.3 is 4.74 Å². The van der Waals surface area contributed by atoms with Crippen LogP contribution in [0.5, 0.6) is 5.75 Å². The fraction of sp³-hybridized carbons (Fsp3) is 0.400. The van der Waals surface area contributed by atoms with Crippen molar-refractivity contribution in [3.63, 3.8) is 0 Å². The van der Waals surface area contributed by atoms with Gasteiger partial charge in [0.25, 0.3) is 0 Å². The number of nitrogens with one attached hydrogen (secondary N) is 1. The number of halogens is 1. The number of aromatic nitrogens is 4. The molecular weight excluding hydrogens is 409 g/mol. The van der Waals surface area contributed by atoms with E-state index in [4.69, 9.17) is 4.74 Å². The summed E-state index contributed by atoms with van der Waals surface area (Å²) in [5, 5.41) is 11.5. The molecule has 3 heterocycles. The molecule has 3 aromatic rings. The molecule has 0 unspecified atom stereocenters. The van der Waals surface area contributed by atoms with Crippen LogP contribution in [0.2, 0.25) is 0 Å². The predicted octanol–water partition coefficient (Wildman–Crippen LogP) is 2.83. The normalized spacial score (nSPS) is 17.5. The van der Waals surface area contributed by atoms with E-state index < -0.39 is 10.0 Å². The Kier molecular flexibility index (Phi) is 5.61. The lowest BCUT2D eigenvalue weighted by molar-refractivity contribution is 0.300. The lowest BCUT2D eigenvalue weighted by atomic mass is 10.1. The molecule has 30 heavy (non-hydrogen) atoms. The van der Waals surface area contributed by atoms with Crippen molar-refractivity contribution in [1.82, 2.24) is 24.3 Å². The van der Waals surface area contributed by atoms with Crippen LogP contribution in [0.4, 0.5) is 4.39 Å². The van der Waals surface area contributed by atoms with E-state index in [-0.39, 0.29) is 23.2 Å². The summed E-state index contributed by atoms with van der Waals surface area (Å²) in [4.78, 5) is 0.264. The van der Waals surface area contributed by atoms with Gasteiger partial charge in [0.05, 0.1) is 17.1 Å². The maximum atomic E-state index is 13.0.